The molecule has 8 heteroatoms. The van der Waals surface area contributed by atoms with E-state index in [1.165, 1.54) is 18.2 Å². The van der Waals surface area contributed by atoms with Crippen LogP contribution in [0.1, 0.15) is 36.6 Å². The molecule has 1 aliphatic heterocycles. The number of carbonyl (C=O) groups excluding carboxylic acids is 4. The number of rotatable bonds is 6. The van der Waals surface area contributed by atoms with Crippen LogP contribution in [0.4, 0.5) is 10.1 Å². The molecule has 3 N–H and O–H groups in total. The lowest BCUT2D eigenvalue weighted by molar-refractivity contribution is -0.119. The van der Waals surface area contributed by atoms with Crippen molar-refractivity contribution < 1.29 is 23.6 Å². The Balaban J connectivity index is 1.68. The first-order chi connectivity index (χ1) is 15.4. The van der Waals surface area contributed by atoms with Crippen molar-refractivity contribution in [3.63, 3.8) is 0 Å². The van der Waals surface area contributed by atoms with Crippen LogP contribution in [0.25, 0.3) is 0 Å². The highest BCUT2D eigenvalue weighted by Crippen LogP contribution is 2.27. The second kappa shape index (κ2) is 8.43. The van der Waals surface area contributed by atoms with E-state index in [-0.39, 0.29) is 28.8 Å². The van der Waals surface area contributed by atoms with Gasteiger partial charge in [-0.1, -0.05) is 42.5 Å². The van der Waals surface area contributed by atoms with Gasteiger partial charge in [-0.05, 0) is 35.9 Å². The normalized spacial score (nSPS) is 13.6. The van der Waals surface area contributed by atoms with Crippen LogP contribution in [0, 0.1) is 5.82 Å². The predicted octanol–water partition coefficient (Wildman–Crippen LogP) is 2.77. The van der Waals surface area contributed by atoms with E-state index >= 15 is 0 Å². The molecule has 1 atom stereocenters. The molecule has 0 unspecified atom stereocenters. The first kappa shape index (κ1) is 20.9. The number of anilines is 1. The van der Waals surface area contributed by atoms with Gasteiger partial charge in [0.05, 0.1) is 16.7 Å². The fourth-order valence-corrected chi connectivity index (χ4v) is 3.65. The molecule has 0 radical (unpaired) electrons. The lowest BCUT2D eigenvalue weighted by Crippen LogP contribution is -2.48. The zero-order valence-corrected chi connectivity index (χ0v) is 16.7. The highest BCUT2D eigenvalue weighted by atomic mass is 19.1. The van der Waals surface area contributed by atoms with Crippen molar-refractivity contribution in [1.29, 1.82) is 0 Å². The van der Waals surface area contributed by atoms with E-state index in [2.05, 4.69) is 5.32 Å². The van der Waals surface area contributed by atoms with Gasteiger partial charge in [-0.2, -0.15) is 0 Å². The smallest absolute Gasteiger partial charge is 0.262 e. The van der Waals surface area contributed by atoms with Crippen molar-refractivity contribution in [2.75, 3.05) is 5.32 Å². The number of carbonyl (C=O) groups is 4. The van der Waals surface area contributed by atoms with E-state index in [0.717, 1.165) is 22.6 Å². The molecule has 3 aromatic carbocycles. The van der Waals surface area contributed by atoms with Gasteiger partial charge in [0.2, 0.25) is 5.91 Å². The highest BCUT2D eigenvalue weighted by molar-refractivity contribution is 6.23. The minimum atomic E-state index is -1.17. The number of nitrogens with two attached hydrogens (primary N) is 1. The van der Waals surface area contributed by atoms with E-state index in [1.807, 2.05) is 6.07 Å². The summed E-state index contributed by atoms with van der Waals surface area (Å²) in [7, 11) is 0. The Hall–Kier alpha value is -4.33. The van der Waals surface area contributed by atoms with Crippen LogP contribution in [0.3, 0.4) is 0 Å². The number of primary amides is 1. The third-order valence-electron chi connectivity index (χ3n) is 5.21. The minimum absolute atomic E-state index is 0.0714. The van der Waals surface area contributed by atoms with Crippen LogP contribution < -0.4 is 11.1 Å². The molecule has 4 rings (SSSR count). The van der Waals surface area contributed by atoms with E-state index in [4.69, 9.17) is 5.73 Å². The Kier molecular flexibility index (Phi) is 5.51. The quantitative estimate of drug-likeness (QED) is 0.585. The van der Waals surface area contributed by atoms with Gasteiger partial charge in [0.1, 0.15) is 11.9 Å². The second-order valence-corrected chi connectivity index (χ2v) is 7.28. The summed E-state index contributed by atoms with van der Waals surface area (Å²) in [6.45, 7) is 0. The minimum Gasteiger partial charge on any atom is -0.366 e. The number of hydrogen-bond acceptors (Lipinski definition) is 4. The SMILES string of the molecule is NC(=O)c1cc(NC(=O)[C@@H](Cc2ccccc2)N2C(=O)c3ccccc3C2=O)ccc1F. The third-order valence-corrected chi connectivity index (χ3v) is 5.21. The van der Waals surface area contributed by atoms with Crippen molar-refractivity contribution in [3.05, 3.63) is 101 Å². The average Bonchev–Trinajstić information content (AvgIpc) is 3.04. The first-order valence-corrected chi connectivity index (χ1v) is 9.78. The van der Waals surface area contributed by atoms with Crippen molar-refractivity contribution in [3.8, 4) is 0 Å². The predicted molar refractivity (Wildman–Crippen MR) is 114 cm³/mol. The zero-order chi connectivity index (χ0) is 22.8. The summed E-state index contributed by atoms with van der Waals surface area (Å²) in [5, 5.41) is 2.57. The summed E-state index contributed by atoms with van der Waals surface area (Å²) in [6, 6.07) is 17.5. The summed E-state index contributed by atoms with van der Waals surface area (Å²) in [5.74, 6) is -3.61. The maximum absolute atomic E-state index is 13.8. The number of nitrogens with one attached hydrogen (secondary N) is 1. The van der Waals surface area contributed by atoms with Crippen LogP contribution in [0.5, 0.6) is 0 Å². The Bertz CT molecular complexity index is 1210. The molecule has 7 nitrogen and oxygen atoms in total. The molecule has 32 heavy (non-hydrogen) atoms. The molecule has 160 valence electrons. The van der Waals surface area contributed by atoms with Gasteiger partial charge < -0.3 is 11.1 Å². The summed E-state index contributed by atoms with van der Waals surface area (Å²) in [6.07, 6.45) is 0.0714. The average molecular weight is 431 g/mol. The summed E-state index contributed by atoms with van der Waals surface area (Å²) in [5.41, 5.74) is 6.08. The van der Waals surface area contributed by atoms with Crippen molar-refractivity contribution in [1.82, 2.24) is 4.90 Å². The molecule has 0 spiro atoms. The van der Waals surface area contributed by atoms with E-state index in [9.17, 15) is 23.6 Å². The molecule has 0 aliphatic carbocycles. The first-order valence-electron chi connectivity index (χ1n) is 9.78. The fraction of sp³-hybridized carbons (Fsp3) is 0.0833. The number of halogens is 1. The highest BCUT2D eigenvalue weighted by Gasteiger charge is 2.42. The van der Waals surface area contributed by atoms with Crippen LogP contribution in [0.2, 0.25) is 0 Å². The van der Waals surface area contributed by atoms with Crippen molar-refractivity contribution in [2.45, 2.75) is 12.5 Å². The van der Waals surface area contributed by atoms with Gasteiger partial charge in [0.25, 0.3) is 17.7 Å². The molecular formula is C24H18FN3O4. The Morgan fingerprint density at radius 1 is 0.906 bits per heavy atom. The summed E-state index contributed by atoms with van der Waals surface area (Å²) < 4.78 is 13.8. The molecule has 0 bridgehead atoms. The summed E-state index contributed by atoms with van der Waals surface area (Å²) >= 11 is 0. The van der Waals surface area contributed by atoms with Gasteiger partial charge in [0.15, 0.2) is 0 Å². The van der Waals surface area contributed by atoms with Gasteiger partial charge in [-0.3, -0.25) is 24.1 Å². The lowest BCUT2D eigenvalue weighted by Gasteiger charge is -2.25. The van der Waals surface area contributed by atoms with Crippen LogP contribution in [-0.2, 0) is 11.2 Å². The van der Waals surface area contributed by atoms with Gasteiger partial charge >= 0.3 is 0 Å². The maximum Gasteiger partial charge on any atom is 0.262 e. The molecular weight excluding hydrogens is 413 g/mol. The third kappa shape index (κ3) is 3.85. The van der Waals surface area contributed by atoms with Crippen LogP contribution in [-0.4, -0.2) is 34.6 Å². The lowest BCUT2D eigenvalue weighted by atomic mass is 10.0. The van der Waals surface area contributed by atoms with E-state index < -0.39 is 35.5 Å². The number of imide groups is 1. The Morgan fingerprint density at radius 2 is 1.50 bits per heavy atom. The van der Waals surface area contributed by atoms with Gasteiger partial charge in [-0.25, -0.2) is 4.39 Å². The molecule has 0 saturated heterocycles. The Morgan fingerprint density at radius 3 is 2.09 bits per heavy atom. The number of fused-ring (bicyclic) bond motifs is 1. The number of amides is 4. The standard InChI is InChI=1S/C24H18FN3O4/c25-19-11-10-15(13-18(19)21(26)29)27-22(30)20(12-14-6-2-1-3-7-14)28-23(31)16-8-4-5-9-17(16)24(28)32/h1-11,13,20H,12H2,(H2,26,29)(H,27,30)/t20-/m1/s1. The maximum atomic E-state index is 13.8. The largest absolute Gasteiger partial charge is 0.366 e. The second-order valence-electron chi connectivity index (χ2n) is 7.28. The molecule has 4 amide bonds. The molecule has 0 saturated carbocycles. The van der Waals surface area contributed by atoms with Gasteiger partial charge in [0, 0.05) is 12.1 Å². The molecule has 0 aromatic heterocycles. The van der Waals surface area contributed by atoms with Crippen LogP contribution in [0.15, 0.2) is 72.8 Å². The zero-order valence-electron chi connectivity index (χ0n) is 16.7. The number of nitrogens with zero attached hydrogens (tertiary/aromatic N) is 1. The van der Waals surface area contributed by atoms with E-state index in [0.29, 0.717) is 0 Å². The Labute approximate surface area is 182 Å². The molecule has 3 aromatic rings. The monoisotopic (exact) mass is 431 g/mol. The van der Waals surface area contributed by atoms with Crippen molar-refractivity contribution >= 4 is 29.3 Å². The van der Waals surface area contributed by atoms with Gasteiger partial charge in [-0.15, -0.1) is 0 Å². The molecule has 1 heterocycles. The van der Waals surface area contributed by atoms with Crippen molar-refractivity contribution in [2.24, 2.45) is 5.73 Å². The number of benzene rings is 3. The topological polar surface area (TPSA) is 110 Å². The molecule has 1 aliphatic rings. The number of hydrogen-bond donors (Lipinski definition) is 2. The van der Waals surface area contributed by atoms with E-state index in [1.54, 1.807) is 36.4 Å². The van der Waals surface area contributed by atoms with Crippen LogP contribution >= 0.6 is 0 Å². The molecule has 0 fully saturated rings. The summed E-state index contributed by atoms with van der Waals surface area (Å²) in [4.78, 5) is 51.6. The fourth-order valence-electron chi connectivity index (χ4n) is 3.65.